The van der Waals surface area contributed by atoms with Crippen LogP contribution in [0.5, 0.6) is 11.5 Å². The Hall–Kier alpha value is -1.48. The lowest BCUT2D eigenvalue weighted by molar-refractivity contribution is -0.0606. The van der Waals surface area contributed by atoms with Crippen molar-refractivity contribution in [1.82, 2.24) is 0 Å². The monoisotopic (exact) mass is 396 g/mol. The second-order valence-corrected chi connectivity index (χ2v) is 8.27. The molecule has 5 nitrogen and oxygen atoms in total. The van der Waals surface area contributed by atoms with Crippen molar-refractivity contribution < 1.29 is 35.2 Å². The Balaban J connectivity index is 2.32. The lowest BCUT2D eigenvalue weighted by Crippen LogP contribution is -2.43. The molecule has 1 aliphatic rings. The molecule has 0 fully saturated rings. The Morgan fingerprint density at radius 1 is 1.15 bits per heavy atom. The highest BCUT2D eigenvalue weighted by Gasteiger charge is 2.49. The summed E-state index contributed by atoms with van der Waals surface area (Å²) in [4.78, 5) is 0. The fourth-order valence-electron chi connectivity index (χ4n) is 3.01. The molecule has 0 saturated heterocycles. The molecule has 1 atom stereocenters. The smallest absolute Gasteiger partial charge is 0.493 e. The van der Waals surface area contributed by atoms with E-state index in [2.05, 4.69) is 4.18 Å². The third kappa shape index (κ3) is 3.78. The number of hydrogen-bond acceptors (Lipinski definition) is 5. The van der Waals surface area contributed by atoms with Crippen molar-refractivity contribution in [3.05, 3.63) is 22.3 Å². The quantitative estimate of drug-likeness (QED) is 0.557. The molecule has 2 rings (SSSR count). The van der Waals surface area contributed by atoms with Crippen LogP contribution in [0.4, 0.5) is 13.2 Å². The molecular formula is C17H23F3O5S. The third-order valence-electron chi connectivity index (χ3n) is 4.65. The van der Waals surface area contributed by atoms with E-state index < -0.39 is 27.8 Å². The summed E-state index contributed by atoms with van der Waals surface area (Å²) in [5.74, 6) is 1.34. The molecule has 1 aromatic carbocycles. The lowest BCUT2D eigenvalue weighted by Gasteiger charge is -2.37. The number of ether oxygens (including phenoxy) is 2. The summed E-state index contributed by atoms with van der Waals surface area (Å²) in [5, 5.41) is 0. The lowest BCUT2D eigenvalue weighted by atomic mass is 9.87. The second kappa shape index (κ2) is 6.92. The Morgan fingerprint density at radius 2 is 1.77 bits per heavy atom. The van der Waals surface area contributed by atoms with E-state index in [4.69, 9.17) is 9.47 Å². The Morgan fingerprint density at radius 3 is 2.31 bits per heavy atom. The molecule has 0 bridgehead atoms. The second-order valence-electron chi connectivity index (χ2n) is 6.66. The zero-order valence-corrected chi connectivity index (χ0v) is 16.2. The van der Waals surface area contributed by atoms with E-state index in [0.29, 0.717) is 25.2 Å². The normalized spacial score (nSPS) is 20.5. The van der Waals surface area contributed by atoms with Gasteiger partial charge < -0.3 is 9.47 Å². The maximum Gasteiger partial charge on any atom is 0.523 e. The van der Waals surface area contributed by atoms with Crippen molar-refractivity contribution in [3.8, 4) is 11.5 Å². The van der Waals surface area contributed by atoms with Gasteiger partial charge in [-0.1, -0.05) is 0 Å². The minimum absolute atomic E-state index is 0.322. The van der Waals surface area contributed by atoms with Gasteiger partial charge in [0.25, 0.3) is 0 Å². The van der Waals surface area contributed by atoms with Gasteiger partial charge in [-0.15, -0.1) is 0 Å². The van der Waals surface area contributed by atoms with Gasteiger partial charge in [-0.2, -0.15) is 21.6 Å². The fourth-order valence-corrected chi connectivity index (χ4v) is 3.55. The van der Waals surface area contributed by atoms with Gasteiger partial charge >= 0.3 is 15.6 Å². The molecule has 1 unspecified atom stereocenters. The van der Waals surface area contributed by atoms with Gasteiger partial charge in [0.05, 0.1) is 6.61 Å². The van der Waals surface area contributed by atoms with Gasteiger partial charge in [-0.3, -0.25) is 4.18 Å². The standard InChI is InChI=1S/C17H23F3O5S/c1-6-23-14-10(2)11(3)15-13(12(14)4)7-8-16(5,25-15)9-24-26(21,22)17(18,19)20/h6-9H2,1-5H3. The van der Waals surface area contributed by atoms with Crippen LogP contribution < -0.4 is 9.47 Å². The molecular weight excluding hydrogens is 373 g/mol. The van der Waals surface area contributed by atoms with Crippen LogP contribution in [0.15, 0.2) is 0 Å². The highest BCUT2D eigenvalue weighted by Crippen LogP contribution is 2.44. The Labute approximate surface area is 151 Å². The number of fused-ring (bicyclic) bond motifs is 1. The number of alkyl halides is 3. The van der Waals surface area contributed by atoms with Crippen LogP contribution in [0.25, 0.3) is 0 Å². The zero-order valence-electron chi connectivity index (χ0n) is 15.4. The van der Waals surface area contributed by atoms with Gasteiger partial charge in [0.2, 0.25) is 0 Å². The Kier molecular flexibility index (Phi) is 5.54. The fraction of sp³-hybridized carbons (Fsp3) is 0.647. The van der Waals surface area contributed by atoms with Crippen LogP contribution in [0.3, 0.4) is 0 Å². The first-order chi connectivity index (χ1) is 11.8. The summed E-state index contributed by atoms with van der Waals surface area (Å²) >= 11 is 0. The summed E-state index contributed by atoms with van der Waals surface area (Å²) in [6, 6.07) is 0. The molecule has 26 heavy (non-hydrogen) atoms. The number of hydrogen-bond donors (Lipinski definition) is 0. The highest BCUT2D eigenvalue weighted by molar-refractivity contribution is 7.87. The van der Waals surface area contributed by atoms with Crippen molar-refractivity contribution in [1.29, 1.82) is 0 Å². The first-order valence-corrected chi connectivity index (χ1v) is 9.64. The molecule has 0 N–H and O–H groups in total. The van der Waals surface area contributed by atoms with E-state index in [0.717, 1.165) is 28.0 Å². The predicted octanol–water partition coefficient (Wildman–Crippen LogP) is 3.96. The molecule has 0 radical (unpaired) electrons. The molecule has 0 saturated carbocycles. The van der Waals surface area contributed by atoms with E-state index >= 15 is 0 Å². The van der Waals surface area contributed by atoms with Gasteiger partial charge in [-0.05, 0) is 64.2 Å². The topological polar surface area (TPSA) is 61.8 Å². The maximum absolute atomic E-state index is 12.5. The van der Waals surface area contributed by atoms with Crippen molar-refractivity contribution >= 4 is 10.1 Å². The average molecular weight is 396 g/mol. The molecule has 9 heteroatoms. The molecule has 0 aromatic heterocycles. The maximum atomic E-state index is 12.5. The third-order valence-corrected chi connectivity index (χ3v) is 5.65. The molecule has 148 valence electrons. The van der Waals surface area contributed by atoms with Crippen LogP contribution in [0, 0.1) is 20.8 Å². The van der Waals surface area contributed by atoms with Crippen LogP contribution >= 0.6 is 0 Å². The SMILES string of the molecule is CCOc1c(C)c(C)c2c(c1C)CCC(C)(COS(=O)(=O)C(F)(F)F)O2. The highest BCUT2D eigenvalue weighted by atomic mass is 32.2. The molecule has 0 amide bonds. The summed E-state index contributed by atoms with van der Waals surface area (Å²) in [6.45, 7) is 8.87. The molecule has 1 heterocycles. The van der Waals surface area contributed by atoms with E-state index in [1.807, 2.05) is 27.7 Å². The van der Waals surface area contributed by atoms with Gasteiger partial charge in [0.1, 0.15) is 23.7 Å². The molecule has 1 aromatic rings. The van der Waals surface area contributed by atoms with E-state index in [9.17, 15) is 21.6 Å². The first-order valence-electron chi connectivity index (χ1n) is 8.23. The van der Waals surface area contributed by atoms with Crippen molar-refractivity contribution in [2.45, 2.75) is 58.6 Å². The minimum Gasteiger partial charge on any atom is -0.493 e. The van der Waals surface area contributed by atoms with Gasteiger partial charge in [-0.25, -0.2) is 0 Å². The van der Waals surface area contributed by atoms with Crippen LogP contribution in [-0.2, 0) is 20.7 Å². The first kappa shape index (κ1) is 20.8. The number of halogens is 3. The average Bonchev–Trinajstić information content (AvgIpc) is 2.54. The van der Waals surface area contributed by atoms with E-state index in [1.54, 1.807) is 6.92 Å². The summed E-state index contributed by atoms with van der Waals surface area (Å²) in [5.41, 5.74) is -3.08. The van der Waals surface area contributed by atoms with E-state index in [-0.39, 0.29) is 0 Å². The van der Waals surface area contributed by atoms with Gasteiger partial charge in [0, 0.05) is 5.56 Å². The molecule has 0 spiro atoms. The number of rotatable bonds is 5. The van der Waals surface area contributed by atoms with Crippen LogP contribution in [0.1, 0.15) is 42.5 Å². The Bertz CT molecular complexity index is 802. The molecule has 0 aliphatic carbocycles. The van der Waals surface area contributed by atoms with Crippen molar-refractivity contribution in [3.63, 3.8) is 0 Å². The zero-order chi connectivity index (χ0) is 19.9. The largest absolute Gasteiger partial charge is 0.523 e. The van der Waals surface area contributed by atoms with Crippen LogP contribution in [0.2, 0.25) is 0 Å². The molecule has 1 aliphatic heterocycles. The van der Waals surface area contributed by atoms with Crippen molar-refractivity contribution in [2.24, 2.45) is 0 Å². The predicted molar refractivity (Wildman–Crippen MR) is 90.1 cm³/mol. The van der Waals surface area contributed by atoms with E-state index in [1.165, 1.54) is 0 Å². The van der Waals surface area contributed by atoms with Crippen LogP contribution in [-0.4, -0.2) is 32.7 Å². The number of benzene rings is 1. The summed E-state index contributed by atoms with van der Waals surface area (Å²) < 4.78 is 75.6. The van der Waals surface area contributed by atoms with Crippen molar-refractivity contribution in [2.75, 3.05) is 13.2 Å². The summed E-state index contributed by atoms with van der Waals surface area (Å²) in [7, 11) is -5.65. The van der Waals surface area contributed by atoms with Gasteiger partial charge in [0.15, 0.2) is 0 Å². The summed E-state index contributed by atoms with van der Waals surface area (Å²) in [6.07, 6.45) is 0.844. The minimum atomic E-state index is -5.65.